The molecule has 23 heavy (non-hydrogen) atoms. The Labute approximate surface area is 139 Å². The molecule has 4 radical (unpaired) electrons. The summed E-state index contributed by atoms with van der Waals surface area (Å²) >= 11 is 0. The topological polar surface area (TPSA) is 131 Å². The SMILES string of the molecule is O=c1c(O)c(-c2ccc(O)c(O)c2)oc2cc(O)cc(O)c12.[Ge]. The molecular formula is C15H10GeO7. The van der Waals surface area contributed by atoms with Crippen molar-refractivity contribution in [1.29, 1.82) is 0 Å². The molecule has 0 amide bonds. The van der Waals surface area contributed by atoms with Crippen LogP contribution in [-0.2, 0) is 0 Å². The van der Waals surface area contributed by atoms with E-state index in [1.54, 1.807) is 0 Å². The van der Waals surface area contributed by atoms with Gasteiger partial charge in [0.05, 0.1) is 0 Å². The molecule has 0 unspecified atom stereocenters. The van der Waals surface area contributed by atoms with E-state index in [1.807, 2.05) is 0 Å². The number of phenols is 4. The summed E-state index contributed by atoms with van der Waals surface area (Å²) in [6.45, 7) is 0. The van der Waals surface area contributed by atoms with Crippen LogP contribution in [-0.4, -0.2) is 43.1 Å². The second-order valence-electron chi connectivity index (χ2n) is 4.65. The first-order valence-corrected chi connectivity index (χ1v) is 6.12. The van der Waals surface area contributed by atoms with Crippen LogP contribution in [0.3, 0.4) is 0 Å². The van der Waals surface area contributed by atoms with Crippen LogP contribution in [0.15, 0.2) is 39.5 Å². The van der Waals surface area contributed by atoms with Gasteiger partial charge in [-0.15, -0.1) is 0 Å². The van der Waals surface area contributed by atoms with E-state index in [0.717, 1.165) is 24.3 Å². The van der Waals surface area contributed by atoms with Crippen molar-refractivity contribution in [3.05, 3.63) is 40.6 Å². The minimum Gasteiger partial charge on any atom is -0.508 e. The van der Waals surface area contributed by atoms with Gasteiger partial charge in [-0.25, -0.2) is 0 Å². The second-order valence-corrected chi connectivity index (χ2v) is 4.65. The van der Waals surface area contributed by atoms with Gasteiger partial charge in [0, 0.05) is 35.3 Å². The van der Waals surface area contributed by atoms with Crippen molar-refractivity contribution in [3.8, 4) is 40.1 Å². The maximum absolute atomic E-state index is 12.1. The molecule has 0 aliphatic carbocycles. The first-order chi connectivity index (χ1) is 10.4. The van der Waals surface area contributed by atoms with Crippen molar-refractivity contribution >= 4 is 28.6 Å². The van der Waals surface area contributed by atoms with Crippen molar-refractivity contribution in [1.82, 2.24) is 0 Å². The molecule has 7 nitrogen and oxygen atoms in total. The minimum absolute atomic E-state index is 0. The number of fused-ring (bicyclic) bond motifs is 1. The van der Waals surface area contributed by atoms with Gasteiger partial charge in [-0.2, -0.15) is 0 Å². The fourth-order valence-electron chi connectivity index (χ4n) is 2.14. The normalized spacial score (nSPS) is 10.4. The molecular weight excluding hydrogens is 365 g/mol. The predicted molar refractivity (Wildman–Crippen MR) is 82.0 cm³/mol. The third-order valence-electron chi connectivity index (χ3n) is 3.17. The molecule has 0 aliphatic rings. The average Bonchev–Trinajstić information content (AvgIpc) is 2.45. The third kappa shape index (κ3) is 2.66. The molecule has 0 atom stereocenters. The fourth-order valence-corrected chi connectivity index (χ4v) is 2.14. The minimum atomic E-state index is -0.888. The Bertz CT molecular complexity index is 962. The first kappa shape index (κ1) is 16.6. The van der Waals surface area contributed by atoms with Crippen LogP contribution in [0.5, 0.6) is 28.7 Å². The Hall–Kier alpha value is -2.81. The Balaban J connectivity index is 0.00000192. The summed E-state index contributed by atoms with van der Waals surface area (Å²) in [6.07, 6.45) is 0. The van der Waals surface area contributed by atoms with Crippen molar-refractivity contribution in [3.63, 3.8) is 0 Å². The summed E-state index contributed by atoms with van der Waals surface area (Å²) in [4.78, 5) is 12.1. The summed E-state index contributed by atoms with van der Waals surface area (Å²) in [5.41, 5.74) is -0.890. The van der Waals surface area contributed by atoms with E-state index in [2.05, 4.69) is 0 Å². The Morgan fingerprint density at radius 1 is 0.826 bits per heavy atom. The number of phenolic OH excluding ortho intramolecular Hbond substituents is 4. The van der Waals surface area contributed by atoms with Gasteiger partial charge in [-0.05, 0) is 18.2 Å². The van der Waals surface area contributed by atoms with Crippen LogP contribution in [0.25, 0.3) is 22.3 Å². The van der Waals surface area contributed by atoms with E-state index in [1.165, 1.54) is 6.07 Å². The predicted octanol–water partition coefficient (Wildman–Crippen LogP) is 1.61. The Morgan fingerprint density at radius 2 is 1.52 bits per heavy atom. The zero-order valence-corrected chi connectivity index (χ0v) is 13.5. The first-order valence-electron chi connectivity index (χ1n) is 6.12. The third-order valence-corrected chi connectivity index (χ3v) is 3.17. The van der Waals surface area contributed by atoms with Crippen LogP contribution in [0, 0.1) is 0 Å². The maximum Gasteiger partial charge on any atom is 0.238 e. The van der Waals surface area contributed by atoms with Crippen molar-refractivity contribution < 1.29 is 29.9 Å². The molecule has 3 rings (SSSR count). The van der Waals surface area contributed by atoms with Gasteiger partial charge in [-0.1, -0.05) is 0 Å². The Kier molecular flexibility index (Phi) is 4.15. The second kappa shape index (κ2) is 5.77. The smallest absolute Gasteiger partial charge is 0.238 e. The zero-order valence-electron chi connectivity index (χ0n) is 11.4. The van der Waals surface area contributed by atoms with Gasteiger partial charge in [0.25, 0.3) is 0 Å². The van der Waals surface area contributed by atoms with Gasteiger partial charge in [0.1, 0.15) is 22.5 Å². The Morgan fingerprint density at radius 3 is 2.17 bits per heavy atom. The summed E-state index contributed by atoms with van der Waals surface area (Å²) in [5, 5.41) is 47.6. The molecule has 0 saturated heterocycles. The van der Waals surface area contributed by atoms with E-state index in [4.69, 9.17) is 4.42 Å². The van der Waals surface area contributed by atoms with E-state index in [0.29, 0.717) is 0 Å². The molecule has 2 aromatic carbocycles. The molecule has 3 aromatic rings. The molecule has 0 bridgehead atoms. The molecule has 0 fully saturated rings. The van der Waals surface area contributed by atoms with Crippen LogP contribution in [0.2, 0.25) is 0 Å². The van der Waals surface area contributed by atoms with E-state index >= 15 is 0 Å². The molecule has 116 valence electrons. The number of hydrogen-bond donors (Lipinski definition) is 5. The number of rotatable bonds is 1. The quantitative estimate of drug-likeness (QED) is 0.323. The standard InChI is InChI=1S/C15H10O7.Ge/c16-7-4-10(19)12-11(5-7)22-15(14(21)13(12)20)6-1-2-8(17)9(18)3-6;/h1-5,16-19,21H;. The van der Waals surface area contributed by atoms with Crippen molar-refractivity contribution in [2.45, 2.75) is 0 Å². The van der Waals surface area contributed by atoms with E-state index < -0.39 is 22.7 Å². The fraction of sp³-hybridized carbons (Fsp3) is 0. The molecule has 0 aliphatic heterocycles. The largest absolute Gasteiger partial charge is 0.508 e. The number of aromatic hydroxyl groups is 5. The van der Waals surface area contributed by atoms with Gasteiger partial charge < -0.3 is 29.9 Å². The van der Waals surface area contributed by atoms with Gasteiger partial charge in [-0.3, -0.25) is 4.79 Å². The molecule has 5 N–H and O–H groups in total. The summed E-state index contributed by atoms with van der Waals surface area (Å²) in [6, 6.07) is 5.64. The van der Waals surface area contributed by atoms with Gasteiger partial charge >= 0.3 is 0 Å². The number of hydrogen-bond acceptors (Lipinski definition) is 7. The molecule has 0 spiro atoms. The number of benzene rings is 2. The van der Waals surface area contributed by atoms with Crippen LogP contribution in [0.1, 0.15) is 0 Å². The van der Waals surface area contributed by atoms with E-state index in [-0.39, 0.29) is 51.4 Å². The van der Waals surface area contributed by atoms with Crippen LogP contribution < -0.4 is 5.43 Å². The monoisotopic (exact) mass is 376 g/mol. The molecule has 1 aromatic heterocycles. The van der Waals surface area contributed by atoms with Crippen molar-refractivity contribution in [2.75, 3.05) is 0 Å². The van der Waals surface area contributed by atoms with E-state index in [9.17, 15) is 30.3 Å². The summed E-state index contributed by atoms with van der Waals surface area (Å²) < 4.78 is 5.35. The summed E-state index contributed by atoms with van der Waals surface area (Å²) in [5.74, 6) is -2.71. The van der Waals surface area contributed by atoms with Gasteiger partial charge in [0.2, 0.25) is 11.2 Å². The molecule has 1 heterocycles. The zero-order chi connectivity index (χ0) is 16.0. The maximum atomic E-state index is 12.1. The van der Waals surface area contributed by atoms with Gasteiger partial charge in [0.15, 0.2) is 17.3 Å². The van der Waals surface area contributed by atoms with Crippen LogP contribution in [0.4, 0.5) is 0 Å². The van der Waals surface area contributed by atoms with Crippen LogP contribution >= 0.6 is 0 Å². The summed E-state index contributed by atoms with van der Waals surface area (Å²) in [7, 11) is 0. The average molecular weight is 375 g/mol. The molecule has 8 heteroatoms. The van der Waals surface area contributed by atoms with Crippen molar-refractivity contribution in [2.24, 2.45) is 0 Å². The molecule has 0 saturated carbocycles.